The van der Waals surface area contributed by atoms with Gasteiger partial charge in [-0.1, -0.05) is 6.92 Å². The molecule has 0 amide bonds. The second kappa shape index (κ2) is 2.30. The maximum Gasteiger partial charge on any atom is 0.177 e. The molecule has 0 aliphatic rings. The van der Waals surface area contributed by atoms with Crippen LogP contribution in [-0.4, -0.2) is 19.8 Å². The van der Waals surface area contributed by atoms with Crippen molar-refractivity contribution in [1.82, 2.24) is 19.8 Å². The SMILES string of the molecule is CCc1cnn2cnnc2c1. The third-order valence-corrected chi connectivity index (χ3v) is 1.63. The smallest absolute Gasteiger partial charge is 0.177 e. The molecule has 0 radical (unpaired) electrons. The first kappa shape index (κ1) is 6.27. The van der Waals surface area contributed by atoms with E-state index in [1.807, 2.05) is 12.3 Å². The Morgan fingerprint density at radius 2 is 2.45 bits per heavy atom. The van der Waals surface area contributed by atoms with Gasteiger partial charge in [0.1, 0.15) is 6.33 Å². The number of aromatic nitrogens is 4. The van der Waals surface area contributed by atoms with Crippen LogP contribution in [0.3, 0.4) is 0 Å². The van der Waals surface area contributed by atoms with E-state index in [0.29, 0.717) is 0 Å². The number of fused-ring (bicyclic) bond motifs is 1. The molecule has 0 atom stereocenters. The van der Waals surface area contributed by atoms with Crippen molar-refractivity contribution in [2.24, 2.45) is 0 Å². The summed E-state index contributed by atoms with van der Waals surface area (Å²) in [5.41, 5.74) is 2.00. The van der Waals surface area contributed by atoms with Crippen molar-refractivity contribution in [2.45, 2.75) is 13.3 Å². The van der Waals surface area contributed by atoms with E-state index in [1.165, 1.54) is 5.56 Å². The molecule has 0 aromatic carbocycles. The molecule has 0 spiro atoms. The lowest BCUT2D eigenvalue weighted by atomic mass is 10.2. The second-order valence-electron chi connectivity index (χ2n) is 2.35. The number of aryl methyl sites for hydroxylation is 1. The van der Waals surface area contributed by atoms with E-state index in [4.69, 9.17) is 0 Å². The average molecular weight is 148 g/mol. The Labute approximate surface area is 63.9 Å². The molecule has 0 saturated carbocycles. The van der Waals surface area contributed by atoms with Crippen molar-refractivity contribution in [1.29, 1.82) is 0 Å². The highest BCUT2D eigenvalue weighted by Gasteiger charge is 1.95. The van der Waals surface area contributed by atoms with Gasteiger partial charge in [-0.25, -0.2) is 4.52 Å². The van der Waals surface area contributed by atoms with Crippen LogP contribution in [0.25, 0.3) is 5.65 Å². The fourth-order valence-electron chi connectivity index (χ4n) is 0.956. The third-order valence-electron chi connectivity index (χ3n) is 1.63. The molecule has 11 heavy (non-hydrogen) atoms. The van der Waals surface area contributed by atoms with Gasteiger partial charge in [-0.05, 0) is 18.1 Å². The topological polar surface area (TPSA) is 43.1 Å². The summed E-state index contributed by atoms with van der Waals surface area (Å²) in [6.45, 7) is 2.09. The predicted octanol–water partition coefficient (Wildman–Crippen LogP) is 0.687. The van der Waals surface area contributed by atoms with E-state index in [0.717, 1.165) is 12.1 Å². The van der Waals surface area contributed by atoms with Crippen molar-refractivity contribution < 1.29 is 0 Å². The van der Waals surface area contributed by atoms with Crippen molar-refractivity contribution >= 4 is 5.65 Å². The molecule has 0 aliphatic heterocycles. The van der Waals surface area contributed by atoms with Crippen LogP contribution in [0.15, 0.2) is 18.6 Å². The Morgan fingerprint density at radius 1 is 1.55 bits per heavy atom. The van der Waals surface area contributed by atoms with Crippen LogP contribution in [0.2, 0.25) is 0 Å². The first-order valence-corrected chi connectivity index (χ1v) is 3.55. The quantitative estimate of drug-likeness (QED) is 0.597. The van der Waals surface area contributed by atoms with Gasteiger partial charge in [0.25, 0.3) is 0 Å². The molecule has 0 fully saturated rings. The molecule has 4 nitrogen and oxygen atoms in total. The van der Waals surface area contributed by atoms with E-state index < -0.39 is 0 Å². The Balaban J connectivity index is 2.67. The molecule has 2 heterocycles. The predicted molar refractivity (Wildman–Crippen MR) is 40.2 cm³/mol. The highest BCUT2D eigenvalue weighted by atomic mass is 15.3. The van der Waals surface area contributed by atoms with Crippen LogP contribution in [0.1, 0.15) is 12.5 Å². The second-order valence-corrected chi connectivity index (χ2v) is 2.35. The normalized spacial score (nSPS) is 10.6. The summed E-state index contributed by atoms with van der Waals surface area (Å²) >= 11 is 0. The molecule has 0 N–H and O–H groups in total. The van der Waals surface area contributed by atoms with Crippen molar-refractivity contribution in [3.63, 3.8) is 0 Å². The van der Waals surface area contributed by atoms with E-state index >= 15 is 0 Å². The van der Waals surface area contributed by atoms with Crippen LogP contribution >= 0.6 is 0 Å². The van der Waals surface area contributed by atoms with Crippen molar-refractivity contribution in [3.05, 3.63) is 24.2 Å². The zero-order valence-electron chi connectivity index (χ0n) is 6.23. The van der Waals surface area contributed by atoms with Gasteiger partial charge in [-0.2, -0.15) is 5.10 Å². The standard InChI is InChI=1S/C7H8N4/c1-2-6-3-7-10-8-5-11(7)9-4-6/h3-5H,2H2,1H3. The summed E-state index contributed by atoms with van der Waals surface area (Å²) in [4.78, 5) is 0. The molecule has 0 aliphatic carbocycles. The Morgan fingerprint density at radius 3 is 3.27 bits per heavy atom. The Hall–Kier alpha value is -1.45. The van der Waals surface area contributed by atoms with Crippen LogP contribution < -0.4 is 0 Å². The minimum absolute atomic E-state index is 0.810. The maximum absolute atomic E-state index is 4.10. The molecule has 4 heteroatoms. The third kappa shape index (κ3) is 0.960. The van der Waals surface area contributed by atoms with Crippen molar-refractivity contribution in [3.8, 4) is 0 Å². The van der Waals surface area contributed by atoms with Gasteiger partial charge in [0.15, 0.2) is 5.65 Å². The van der Waals surface area contributed by atoms with Crippen LogP contribution in [0.4, 0.5) is 0 Å². The molecule has 0 bridgehead atoms. The minimum atomic E-state index is 0.810. The van der Waals surface area contributed by atoms with Gasteiger partial charge >= 0.3 is 0 Å². The number of rotatable bonds is 1. The molecule has 0 saturated heterocycles. The Bertz CT molecular complexity index is 365. The Kier molecular flexibility index (Phi) is 1.31. The summed E-state index contributed by atoms with van der Waals surface area (Å²) in [5, 5.41) is 11.7. The highest BCUT2D eigenvalue weighted by Crippen LogP contribution is 2.01. The zero-order chi connectivity index (χ0) is 7.68. The monoisotopic (exact) mass is 148 g/mol. The maximum atomic E-state index is 4.10. The van der Waals surface area contributed by atoms with Gasteiger partial charge in [-0.15, -0.1) is 10.2 Å². The molecule has 2 aromatic rings. The lowest BCUT2D eigenvalue weighted by molar-refractivity contribution is 0.906. The van der Waals surface area contributed by atoms with Gasteiger partial charge in [-0.3, -0.25) is 0 Å². The number of hydrogen-bond acceptors (Lipinski definition) is 3. The lowest BCUT2D eigenvalue weighted by Crippen LogP contribution is -1.91. The number of nitrogens with zero attached hydrogens (tertiary/aromatic N) is 4. The summed E-state index contributed by atoms with van der Waals surface area (Å²) in [6, 6.07) is 1.99. The minimum Gasteiger partial charge on any atom is -0.201 e. The summed E-state index contributed by atoms with van der Waals surface area (Å²) in [5.74, 6) is 0. The van der Waals surface area contributed by atoms with E-state index in [2.05, 4.69) is 22.2 Å². The van der Waals surface area contributed by atoms with E-state index in [1.54, 1.807) is 10.8 Å². The highest BCUT2D eigenvalue weighted by molar-refractivity contribution is 5.36. The largest absolute Gasteiger partial charge is 0.201 e. The molecule has 56 valence electrons. The molecular weight excluding hydrogens is 140 g/mol. The molecule has 0 unspecified atom stereocenters. The van der Waals surface area contributed by atoms with Crippen molar-refractivity contribution in [2.75, 3.05) is 0 Å². The van der Waals surface area contributed by atoms with Crippen LogP contribution in [0, 0.1) is 0 Å². The molecule has 2 rings (SSSR count). The van der Waals surface area contributed by atoms with E-state index in [-0.39, 0.29) is 0 Å². The van der Waals surface area contributed by atoms with Gasteiger partial charge < -0.3 is 0 Å². The first-order chi connectivity index (χ1) is 5.40. The van der Waals surface area contributed by atoms with E-state index in [9.17, 15) is 0 Å². The lowest BCUT2D eigenvalue weighted by Gasteiger charge is -1.93. The molecular formula is C7H8N4. The van der Waals surface area contributed by atoms with Gasteiger partial charge in [0.2, 0.25) is 0 Å². The summed E-state index contributed by atoms with van der Waals surface area (Å²) in [6.07, 6.45) is 4.40. The first-order valence-electron chi connectivity index (χ1n) is 3.55. The van der Waals surface area contributed by atoms with Crippen LogP contribution in [-0.2, 0) is 6.42 Å². The summed E-state index contributed by atoms with van der Waals surface area (Å²) in [7, 11) is 0. The number of hydrogen-bond donors (Lipinski definition) is 0. The fraction of sp³-hybridized carbons (Fsp3) is 0.286. The zero-order valence-corrected chi connectivity index (χ0v) is 6.23. The van der Waals surface area contributed by atoms with Crippen LogP contribution in [0.5, 0.6) is 0 Å². The van der Waals surface area contributed by atoms with Gasteiger partial charge in [0, 0.05) is 0 Å². The molecule has 2 aromatic heterocycles. The average Bonchev–Trinajstić information content (AvgIpc) is 2.50. The summed E-state index contributed by atoms with van der Waals surface area (Å²) < 4.78 is 1.65. The van der Waals surface area contributed by atoms with Gasteiger partial charge in [0.05, 0.1) is 6.20 Å². The fourth-order valence-corrected chi connectivity index (χ4v) is 0.956.